The Morgan fingerprint density at radius 3 is 2.94 bits per heavy atom. The lowest BCUT2D eigenvalue weighted by Crippen LogP contribution is -2.04. The number of aryl methyl sites for hydroxylation is 1. The highest BCUT2D eigenvalue weighted by Gasteiger charge is 2.11. The lowest BCUT2D eigenvalue weighted by molar-refractivity contribution is 0.290. The molecule has 1 unspecified atom stereocenters. The molecule has 0 radical (unpaired) electrons. The van der Waals surface area contributed by atoms with Crippen LogP contribution in [0.1, 0.15) is 11.3 Å². The van der Waals surface area contributed by atoms with Gasteiger partial charge < -0.3 is 9.12 Å². The molecule has 1 heterocycles. The first-order valence-electron chi connectivity index (χ1n) is 5.09. The van der Waals surface area contributed by atoms with Crippen LogP contribution in [0.4, 0.5) is 4.39 Å². The van der Waals surface area contributed by atoms with Crippen molar-refractivity contribution >= 4 is 11.4 Å². The molecule has 0 saturated heterocycles. The van der Waals surface area contributed by atoms with Gasteiger partial charge in [0.15, 0.2) is 0 Å². The van der Waals surface area contributed by atoms with Gasteiger partial charge in [-0.1, -0.05) is 12.1 Å². The quantitative estimate of drug-likeness (QED) is 0.791. The Hall–Kier alpha value is -1.57. The zero-order chi connectivity index (χ0) is 13.1. The highest BCUT2D eigenvalue weighted by atomic mass is 32.2. The van der Waals surface area contributed by atoms with E-state index in [2.05, 4.69) is 9.17 Å². The highest BCUT2D eigenvalue weighted by Crippen LogP contribution is 2.20. The average molecular weight is 269 g/mol. The van der Waals surface area contributed by atoms with Gasteiger partial charge in [0.05, 0.1) is 35.7 Å². The van der Waals surface area contributed by atoms with Crippen molar-refractivity contribution in [1.82, 2.24) is 9.55 Å². The van der Waals surface area contributed by atoms with E-state index >= 15 is 0 Å². The second kappa shape index (κ2) is 5.38. The van der Waals surface area contributed by atoms with Crippen LogP contribution >= 0.6 is 0 Å². The summed E-state index contributed by atoms with van der Waals surface area (Å²) in [4.78, 5) is 4.00. The van der Waals surface area contributed by atoms with Crippen LogP contribution in [0.25, 0.3) is 5.69 Å². The first-order chi connectivity index (χ1) is 8.58. The zero-order valence-corrected chi connectivity index (χ0v) is 10.3. The van der Waals surface area contributed by atoms with Gasteiger partial charge in [0.1, 0.15) is 5.82 Å². The van der Waals surface area contributed by atoms with Gasteiger partial charge in [-0.05, 0) is 13.0 Å². The van der Waals surface area contributed by atoms with Gasteiger partial charge in [-0.3, -0.25) is 4.18 Å². The SMILES string of the molecule is Cc1cn(-c2c(F)cccc2COS(=O)[O-])cn1. The lowest BCUT2D eigenvalue weighted by Gasteiger charge is -2.12. The van der Waals surface area contributed by atoms with Crippen molar-refractivity contribution in [2.24, 2.45) is 0 Å². The summed E-state index contributed by atoms with van der Waals surface area (Å²) in [5.74, 6) is -0.467. The van der Waals surface area contributed by atoms with Gasteiger partial charge in [0.25, 0.3) is 0 Å². The monoisotopic (exact) mass is 269 g/mol. The van der Waals surface area contributed by atoms with E-state index in [1.165, 1.54) is 23.0 Å². The minimum absolute atomic E-state index is 0.222. The summed E-state index contributed by atoms with van der Waals surface area (Å²) in [6.07, 6.45) is 3.11. The van der Waals surface area contributed by atoms with Crippen LogP contribution in [0.15, 0.2) is 30.7 Å². The molecule has 7 heteroatoms. The highest BCUT2D eigenvalue weighted by molar-refractivity contribution is 7.74. The van der Waals surface area contributed by atoms with Gasteiger partial charge in [0.2, 0.25) is 0 Å². The molecule has 0 fully saturated rings. The Bertz CT molecular complexity index is 585. The first-order valence-corrected chi connectivity index (χ1v) is 6.09. The van der Waals surface area contributed by atoms with Crippen molar-refractivity contribution in [3.8, 4) is 5.69 Å². The van der Waals surface area contributed by atoms with E-state index in [9.17, 15) is 13.2 Å². The normalized spacial score (nSPS) is 12.6. The van der Waals surface area contributed by atoms with Gasteiger partial charge in [0, 0.05) is 11.8 Å². The summed E-state index contributed by atoms with van der Waals surface area (Å²) in [5.41, 5.74) is 1.40. The number of aromatic nitrogens is 2. The lowest BCUT2D eigenvalue weighted by atomic mass is 10.2. The molecule has 0 bridgehead atoms. The summed E-state index contributed by atoms with van der Waals surface area (Å²) < 4.78 is 40.5. The maximum atomic E-state index is 13.8. The Labute approximate surface area is 106 Å². The van der Waals surface area contributed by atoms with Gasteiger partial charge >= 0.3 is 0 Å². The maximum Gasteiger partial charge on any atom is 0.147 e. The Balaban J connectivity index is 2.41. The Morgan fingerprint density at radius 1 is 1.56 bits per heavy atom. The number of rotatable bonds is 4. The maximum absolute atomic E-state index is 13.8. The molecular weight excluding hydrogens is 259 g/mol. The summed E-state index contributed by atoms with van der Waals surface area (Å²) in [7, 11) is 0. The van der Waals surface area contributed by atoms with Gasteiger partial charge in [-0.15, -0.1) is 0 Å². The minimum atomic E-state index is -2.63. The largest absolute Gasteiger partial charge is 0.750 e. The Morgan fingerprint density at radius 2 is 2.33 bits per heavy atom. The molecule has 2 aromatic rings. The summed E-state index contributed by atoms with van der Waals surface area (Å²) in [6, 6.07) is 4.39. The van der Waals surface area contributed by atoms with Crippen LogP contribution in [0.2, 0.25) is 0 Å². The molecule has 5 nitrogen and oxygen atoms in total. The van der Waals surface area contributed by atoms with Crippen molar-refractivity contribution < 1.29 is 17.3 Å². The molecule has 1 aromatic heterocycles. The molecule has 0 amide bonds. The third kappa shape index (κ3) is 2.81. The van der Waals surface area contributed by atoms with E-state index in [0.717, 1.165) is 5.69 Å². The number of hydrogen-bond donors (Lipinski definition) is 0. The average Bonchev–Trinajstić information content (AvgIpc) is 2.72. The third-order valence-corrected chi connectivity index (χ3v) is 2.66. The second-order valence-electron chi connectivity index (χ2n) is 3.64. The molecule has 0 N–H and O–H groups in total. The zero-order valence-electron chi connectivity index (χ0n) is 9.50. The molecule has 0 aliphatic rings. The van der Waals surface area contributed by atoms with Crippen molar-refractivity contribution in [3.63, 3.8) is 0 Å². The fraction of sp³-hybridized carbons (Fsp3) is 0.182. The van der Waals surface area contributed by atoms with Crippen molar-refractivity contribution in [2.45, 2.75) is 13.5 Å². The summed E-state index contributed by atoms with van der Waals surface area (Å²) >= 11 is -2.63. The van der Waals surface area contributed by atoms with E-state index in [4.69, 9.17) is 0 Å². The summed E-state index contributed by atoms with van der Waals surface area (Å²) in [5, 5.41) is 0. The summed E-state index contributed by atoms with van der Waals surface area (Å²) in [6.45, 7) is 1.56. The van der Waals surface area contributed by atoms with Crippen molar-refractivity contribution in [3.05, 3.63) is 47.8 Å². The molecule has 0 spiro atoms. The smallest absolute Gasteiger partial charge is 0.147 e. The predicted octanol–water partition coefficient (Wildman–Crippen LogP) is 1.63. The van der Waals surface area contributed by atoms with Gasteiger partial charge in [-0.2, -0.15) is 0 Å². The second-order valence-corrected chi connectivity index (χ2v) is 4.28. The van der Waals surface area contributed by atoms with E-state index in [1.807, 2.05) is 0 Å². The van der Waals surface area contributed by atoms with Crippen LogP contribution in [0.3, 0.4) is 0 Å². The molecule has 1 aromatic carbocycles. The molecule has 1 atom stereocenters. The van der Waals surface area contributed by atoms with Crippen LogP contribution < -0.4 is 0 Å². The van der Waals surface area contributed by atoms with Crippen LogP contribution in [0.5, 0.6) is 0 Å². The number of halogens is 1. The number of benzene rings is 1. The van der Waals surface area contributed by atoms with E-state index in [0.29, 0.717) is 5.56 Å². The van der Waals surface area contributed by atoms with Crippen LogP contribution in [-0.2, 0) is 22.2 Å². The number of imidazole rings is 1. The van der Waals surface area contributed by atoms with E-state index in [1.54, 1.807) is 19.2 Å². The number of para-hydroxylation sites is 1. The van der Waals surface area contributed by atoms with Crippen LogP contribution in [-0.4, -0.2) is 18.3 Å². The minimum Gasteiger partial charge on any atom is -0.750 e. The fourth-order valence-electron chi connectivity index (χ4n) is 1.62. The van der Waals surface area contributed by atoms with Crippen LogP contribution in [0, 0.1) is 12.7 Å². The van der Waals surface area contributed by atoms with Gasteiger partial charge in [-0.25, -0.2) is 13.6 Å². The van der Waals surface area contributed by atoms with Crippen molar-refractivity contribution in [1.29, 1.82) is 0 Å². The third-order valence-electron chi connectivity index (χ3n) is 2.35. The topological polar surface area (TPSA) is 67.2 Å². The first kappa shape index (κ1) is 12.9. The van der Waals surface area contributed by atoms with E-state index < -0.39 is 17.2 Å². The van der Waals surface area contributed by atoms with E-state index in [-0.39, 0.29) is 12.3 Å². The molecular formula is C11H10FN2O3S-. The standard InChI is InChI=1S/C11H11FN2O3S/c1-8-5-14(7-13-8)11-9(6-17-18(15)16)3-2-4-10(11)12/h2-5,7H,6H2,1H3,(H,15,16)/p-1. The molecule has 0 aliphatic carbocycles. The van der Waals surface area contributed by atoms with Crippen molar-refractivity contribution in [2.75, 3.05) is 0 Å². The Kier molecular flexibility index (Phi) is 3.85. The predicted molar refractivity (Wildman–Crippen MR) is 62.0 cm³/mol. The fourth-order valence-corrected chi connectivity index (χ4v) is 1.84. The molecule has 2 rings (SSSR count). The molecule has 18 heavy (non-hydrogen) atoms. The molecule has 0 saturated carbocycles. The molecule has 96 valence electrons. The number of hydrogen-bond acceptors (Lipinski definition) is 4. The number of nitrogens with zero attached hydrogens (tertiary/aromatic N) is 2. The molecule has 0 aliphatic heterocycles.